The average Bonchev–Trinajstić information content (AvgIpc) is 2.48. The molecule has 2 heterocycles. The molecule has 1 saturated heterocycles. The summed E-state index contributed by atoms with van der Waals surface area (Å²) in [6.07, 6.45) is 5.27. The summed E-state index contributed by atoms with van der Waals surface area (Å²) < 4.78 is 0. The molecule has 74 valence electrons. The minimum atomic E-state index is 0.231. The lowest BCUT2D eigenvalue weighted by Crippen LogP contribution is -2.22. The molecule has 3 nitrogen and oxygen atoms in total. The highest BCUT2D eigenvalue weighted by molar-refractivity contribution is 5.78. The molecular weight excluding hydrogens is 176 g/mol. The van der Waals surface area contributed by atoms with E-state index in [1.54, 1.807) is 0 Å². The van der Waals surface area contributed by atoms with Crippen molar-refractivity contribution in [3.8, 4) is 0 Å². The highest BCUT2D eigenvalue weighted by atomic mass is 16.2. The number of rotatable bonds is 1. The first-order valence-corrected chi connectivity index (χ1v) is 4.85. The van der Waals surface area contributed by atoms with Crippen molar-refractivity contribution in [2.24, 2.45) is 0 Å². The Hall–Kier alpha value is -1.38. The quantitative estimate of drug-likeness (QED) is 0.675. The van der Waals surface area contributed by atoms with Crippen LogP contribution in [-0.4, -0.2) is 22.8 Å². The molecule has 0 saturated carbocycles. The van der Waals surface area contributed by atoms with Crippen LogP contribution in [0.1, 0.15) is 30.0 Å². The maximum atomic E-state index is 11.3. The summed E-state index contributed by atoms with van der Waals surface area (Å²) in [7, 11) is 1.86. The summed E-state index contributed by atoms with van der Waals surface area (Å²) in [5.41, 5.74) is 2.30. The molecule has 1 aromatic rings. The topological polar surface area (TPSA) is 33.2 Å². The van der Waals surface area contributed by atoms with Gasteiger partial charge in [0.2, 0.25) is 5.91 Å². The third-order valence-corrected chi connectivity index (χ3v) is 2.77. The van der Waals surface area contributed by atoms with Crippen molar-refractivity contribution in [3.05, 3.63) is 29.6 Å². The zero-order chi connectivity index (χ0) is 10.1. The normalized spacial score (nSPS) is 21.7. The van der Waals surface area contributed by atoms with Gasteiger partial charge in [-0.3, -0.25) is 9.78 Å². The Balaban J connectivity index is 2.28. The molecule has 0 radical (unpaired) electrons. The first kappa shape index (κ1) is 9.19. The second-order valence-corrected chi connectivity index (χ2v) is 3.85. The molecule has 0 aromatic carbocycles. The Morgan fingerprint density at radius 1 is 1.50 bits per heavy atom. The number of hydrogen-bond acceptors (Lipinski definition) is 2. The number of pyridine rings is 1. The Kier molecular flexibility index (Phi) is 2.23. The third-order valence-electron chi connectivity index (χ3n) is 2.77. The zero-order valence-corrected chi connectivity index (χ0v) is 8.53. The molecule has 0 N–H and O–H groups in total. The number of aryl methyl sites for hydroxylation is 1. The smallest absolute Gasteiger partial charge is 0.222 e. The lowest BCUT2D eigenvalue weighted by atomic mass is 10.1. The summed E-state index contributed by atoms with van der Waals surface area (Å²) >= 11 is 0. The highest BCUT2D eigenvalue weighted by Crippen LogP contribution is 2.30. The van der Waals surface area contributed by atoms with Gasteiger partial charge in [0.1, 0.15) is 0 Å². The van der Waals surface area contributed by atoms with Crippen LogP contribution in [0.3, 0.4) is 0 Å². The first-order valence-electron chi connectivity index (χ1n) is 4.85. The maximum Gasteiger partial charge on any atom is 0.222 e. The van der Waals surface area contributed by atoms with Gasteiger partial charge in [-0.05, 0) is 24.5 Å². The van der Waals surface area contributed by atoms with Crippen LogP contribution in [0.4, 0.5) is 0 Å². The Labute approximate surface area is 83.8 Å². The molecular formula is C11H14N2O. The number of aromatic nitrogens is 1. The Bertz CT molecular complexity index is 362. The van der Waals surface area contributed by atoms with Gasteiger partial charge in [-0.25, -0.2) is 0 Å². The van der Waals surface area contributed by atoms with E-state index in [2.05, 4.69) is 11.1 Å². The van der Waals surface area contributed by atoms with E-state index in [4.69, 9.17) is 0 Å². The number of hydrogen-bond donors (Lipinski definition) is 0. The fourth-order valence-corrected chi connectivity index (χ4v) is 1.95. The zero-order valence-electron chi connectivity index (χ0n) is 8.53. The predicted octanol–water partition coefficient (Wildman–Crippen LogP) is 1.68. The molecule has 3 heteroatoms. The van der Waals surface area contributed by atoms with E-state index in [9.17, 15) is 4.79 Å². The second kappa shape index (κ2) is 3.40. The van der Waals surface area contributed by atoms with Gasteiger partial charge in [0.15, 0.2) is 0 Å². The van der Waals surface area contributed by atoms with Crippen LogP contribution in [0.2, 0.25) is 0 Å². The van der Waals surface area contributed by atoms with E-state index in [0.29, 0.717) is 6.42 Å². The van der Waals surface area contributed by atoms with E-state index in [0.717, 1.165) is 17.5 Å². The number of likely N-dealkylation sites (tertiary alicyclic amines) is 1. The second-order valence-electron chi connectivity index (χ2n) is 3.85. The molecule has 2 rings (SSSR count). The highest BCUT2D eigenvalue weighted by Gasteiger charge is 2.28. The van der Waals surface area contributed by atoms with Gasteiger partial charge in [0.05, 0.1) is 6.04 Å². The van der Waals surface area contributed by atoms with E-state index >= 15 is 0 Å². The van der Waals surface area contributed by atoms with Crippen LogP contribution in [0, 0.1) is 6.92 Å². The summed E-state index contributed by atoms with van der Waals surface area (Å²) in [5, 5.41) is 0. The van der Waals surface area contributed by atoms with Gasteiger partial charge >= 0.3 is 0 Å². The summed E-state index contributed by atoms with van der Waals surface area (Å²) in [5.74, 6) is 0.233. The molecule has 0 bridgehead atoms. The van der Waals surface area contributed by atoms with Crippen LogP contribution in [-0.2, 0) is 4.79 Å². The maximum absolute atomic E-state index is 11.3. The van der Waals surface area contributed by atoms with Crippen LogP contribution in [0.15, 0.2) is 18.5 Å². The Morgan fingerprint density at radius 3 is 2.86 bits per heavy atom. The van der Waals surface area contributed by atoms with Crippen molar-refractivity contribution in [1.82, 2.24) is 9.88 Å². The van der Waals surface area contributed by atoms with E-state index in [1.165, 1.54) is 0 Å². The largest absolute Gasteiger partial charge is 0.339 e. The van der Waals surface area contributed by atoms with Gasteiger partial charge < -0.3 is 4.90 Å². The molecule has 14 heavy (non-hydrogen) atoms. The Morgan fingerprint density at radius 2 is 2.29 bits per heavy atom. The van der Waals surface area contributed by atoms with Gasteiger partial charge in [0.25, 0.3) is 0 Å². The van der Waals surface area contributed by atoms with Crippen LogP contribution in [0.25, 0.3) is 0 Å². The molecule has 1 aromatic heterocycles. The lowest BCUT2D eigenvalue weighted by Gasteiger charge is -2.19. The van der Waals surface area contributed by atoms with Crippen molar-refractivity contribution in [1.29, 1.82) is 0 Å². The van der Waals surface area contributed by atoms with Crippen molar-refractivity contribution >= 4 is 5.91 Å². The SMILES string of the molecule is Cc1cncc(C2CCC(=O)N2C)c1. The average molecular weight is 190 g/mol. The van der Waals surface area contributed by atoms with Gasteiger partial charge in [-0.1, -0.05) is 6.07 Å². The fourth-order valence-electron chi connectivity index (χ4n) is 1.95. The fraction of sp³-hybridized carbons (Fsp3) is 0.455. The molecule has 1 atom stereocenters. The number of carbonyl (C=O) groups is 1. The van der Waals surface area contributed by atoms with E-state index in [1.807, 2.05) is 31.3 Å². The minimum Gasteiger partial charge on any atom is -0.339 e. The van der Waals surface area contributed by atoms with Crippen LogP contribution >= 0.6 is 0 Å². The standard InChI is InChI=1S/C11H14N2O/c1-8-5-9(7-12-6-8)10-3-4-11(14)13(10)2/h5-7,10H,3-4H2,1-2H3. The summed E-state index contributed by atoms with van der Waals surface area (Å²) in [4.78, 5) is 17.3. The molecule has 0 aliphatic carbocycles. The predicted molar refractivity (Wildman–Crippen MR) is 53.7 cm³/mol. The minimum absolute atomic E-state index is 0.231. The van der Waals surface area contributed by atoms with Crippen molar-refractivity contribution < 1.29 is 4.79 Å². The lowest BCUT2D eigenvalue weighted by molar-refractivity contribution is -0.127. The molecule has 1 aliphatic rings. The van der Waals surface area contributed by atoms with E-state index in [-0.39, 0.29) is 11.9 Å². The molecule has 0 spiro atoms. The number of carbonyl (C=O) groups excluding carboxylic acids is 1. The third kappa shape index (κ3) is 1.50. The number of nitrogens with zero attached hydrogens (tertiary/aromatic N) is 2. The van der Waals surface area contributed by atoms with Crippen LogP contribution in [0.5, 0.6) is 0 Å². The van der Waals surface area contributed by atoms with Crippen LogP contribution < -0.4 is 0 Å². The summed E-state index contributed by atoms with van der Waals surface area (Å²) in [6.45, 7) is 2.02. The number of amides is 1. The molecule has 1 fully saturated rings. The van der Waals surface area contributed by atoms with Gasteiger partial charge in [0, 0.05) is 25.9 Å². The molecule has 1 aliphatic heterocycles. The monoisotopic (exact) mass is 190 g/mol. The van der Waals surface area contributed by atoms with Crippen molar-refractivity contribution in [2.75, 3.05) is 7.05 Å². The molecule has 1 unspecified atom stereocenters. The molecule has 1 amide bonds. The van der Waals surface area contributed by atoms with Gasteiger partial charge in [-0.15, -0.1) is 0 Å². The van der Waals surface area contributed by atoms with Gasteiger partial charge in [-0.2, -0.15) is 0 Å². The van der Waals surface area contributed by atoms with E-state index < -0.39 is 0 Å². The summed E-state index contributed by atoms with van der Waals surface area (Å²) in [6, 6.07) is 2.34. The van der Waals surface area contributed by atoms with Crippen molar-refractivity contribution in [2.45, 2.75) is 25.8 Å². The first-order chi connectivity index (χ1) is 6.68. The van der Waals surface area contributed by atoms with Crippen molar-refractivity contribution in [3.63, 3.8) is 0 Å².